The van der Waals surface area contributed by atoms with E-state index in [0.29, 0.717) is 33.6 Å². The molecule has 2 N–H and O–H groups in total. The van der Waals surface area contributed by atoms with Crippen molar-refractivity contribution in [2.75, 3.05) is 24.9 Å². The Balaban J connectivity index is 1.83. The van der Waals surface area contributed by atoms with Gasteiger partial charge in [0, 0.05) is 16.9 Å². The molecule has 28 heavy (non-hydrogen) atoms. The number of anilines is 3. The number of benzene rings is 2. The highest BCUT2D eigenvalue weighted by atomic mass is 35.5. The Labute approximate surface area is 168 Å². The molecule has 1 heterocycles. The summed E-state index contributed by atoms with van der Waals surface area (Å²) in [6, 6.07) is 14.2. The van der Waals surface area contributed by atoms with Gasteiger partial charge < -0.3 is 20.1 Å². The summed E-state index contributed by atoms with van der Waals surface area (Å²) in [6.07, 6.45) is 1.56. The molecule has 6 nitrogen and oxygen atoms in total. The first-order valence-corrected chi connectivity index (χ1v) is 8.90. The zero-order valence-corrected chi connectivity index (χ0v) is 16.5. The van der Waals surface area contributed by atoms with Crippen molar-refractivity contribution in [1.82, 2.24) is 4.98 Å². The van der Waals surface area contributed by atoms with Crippen LogP contribution in [0.1, 0.15) is 16.1 Å². The molecule has 0 bridgehead atoms. The van der Waals surface area contributed by atoms with Gasteiger partial charge in [0.05, 0.1) is 25.6 Å². The number of amides is 1. The van der Waals surface area contributed by atoms with Crippen LogP contribution >= 0.6 is 11.6 Å². The quantitative estimate of drug-likeness (QED) is 0.608. The molecule has 0 saturated heterocycles. The minimum atomic E-state index is -0.342. The summed E-state index contributed by atoms with van der Waals surface area (Å²) in [5, 5.41) is 6.61. The smallest absolute Gasteiger partial charge is 0.274 e. The van der Waals surface area contributed by atoms with Gasteiger partial charge in [0.15, 0.2) is 0 Å². The third-order valence-electron chi connectivity index (χ3n) is 4.04. The number of hydrogen-bond donors (Lipinski definition) is 2. The van der Waals surface area contributed by atoms with Gasteiger partial charge in [-0.2, -0.15) is 0 Å². The Kier molecular flexibility index (Phi) is 6.01. The second-order valence-electron chi connectivity index (χ2n) is 6.06. The molecule has 2 aromatic carbocycles. The fourth-order valence-electron chi connectivity index (χ4n) is 2.67. The lowest BCUT2D eigenvalue weighted by atomic mass is 10.2. The zero-order valence-electron chi connectivity index (χ0n) is 15.7. The summed E-state index contributed by atoms with van der Waals surface area (Å²) >= 11 is 6.07. The lowest BCUT2D eigenvalue weighted by molar-refractivity contribution is 0.102. The van der Waals surface area contributed by atoms with Crippen LogP contribution in [0.2, 0.25) is 5.02 Å². The van der Waals surface area contributed by atoms with E-state index in [4.69, 9.17) is 21.1 Å². The summed E-state index contributed by atoms with van der Waals surface area (Å²) in [4.78, 5) is 16.8. The van der Waals surface area contributed by atoms with Crippen LogP contribution < -0.4 is 20.1 Å². The average molecular weight is 398 g/mol. The SMILES string of the molecule is COc1ccc(C)cc1NC(=O)c1cc(Nc2cc(Cl)ccc2OC)ccn1. The maximum atomic E-state index is 12.7. The van der Waals surface area contributed by atoms with E-state index in [1.54, 1.807) is 50.7 Å². The molecular weight excluding hydrogens is 378 g/mol. The molecule has 144 valence electrons. The number of pyridine rings is 1. The second kappa shape index (κ2) is 8.63. The van der Waals surface area contributed by atoms with Gasteiger partial charge in [-0.05, 0) is 55.0 Å². The van der Waals surface area contributed by atoms with E-state index in [1.165, 1.54) is 0 Å². The van der Waals surface area contributed by atoms with Crippen LogP contribution in [0.15, 0.2) is 54.7 Å². The molecule has 0 radical (unpaired) electrons. The first kappa shape index (κ1) is 19.5. The van der Waals surface area contributed by atoms with E-state index < -0.39 is 0 Å². The van der Waals surface area contributed by atoms with Crippen molar-refractivity contribution >= 4 is 34.6 Å². The Morgan fingerprint density at radius 3 is 2.43 bits per heavy atom. The number of rotatable bonds is 6. The molecule has 0 spiro atoms. The van der Waals surface area contributed by atoms with Crippen molar-refractivity contribution in [3.05, 3.63) is 71.0 Å². The zero-order chi connectivity index (χ0) is 20.1. The van der Waals surface area contributed by atoms with Crippen molar-refractivity contribution < 1.29 is 14.3 Å². The molecule has 0 fully saturated rings. The van der Waals surface area contributed by atoms with E-state index in [1.807, 2.05) is 25.1 Å². The number of aromatic nitrogens is 1. The van der Waals surface area contributed by atoms with E-state index in [9.17, 15) is 4.79 Å². The predicted molar refractivity (Wildman–Crippen MR) is 111 cm³/mol. The van der Waals surface area contributed by atoms with Gasteiger partial charge in [-0.3, -0.25) is 9.78 Å². The van der Waals surface area contributed by atoms with Crippen molar-refractivity contribution in [2.24, 2.45) is 0 Å². The number of nitrogens with zero attached hydrogens (tertiary/aromatic N) is 1. The fourth-order valence-corrected chi connectivity index (χ4v) is 2.84. The third kappa shape index (κ3) is 4.53. The molecule has 3 rings (SSSR count). The lowest BCUT2D eigenvalue weighted by Crippen LogP contribution is -2.14. The van der Waals surface area contributed by atoms with Gasteiger partial charge >= 0.3 is 0 Å². The Morgan fingerprint density at radius 2 is 1.68 bits per heavy atom. The molecule has 0 aliphatic heterocycles. The highest BCUT2D eigenvalue weighted by Crippen LogP contribution is 2.31. The number of nitrogens with one attached hydrogen (secondary N) is 2. The van der Waals surface area contributed by atoms with Crippen LogP contribution in [0.4, 0.5) is 17.1 Å². The Morgan fingerprint density at radius 1 is 0.964 bits per heavy atom. The number of carbonyl (C=O) groups excluding carboxylic acids is 1. The standard InChI is InChI=1S/C21H20ClN3O3/c1-13-4-6-19(27-2)16(10-13)25-21(26)18-12-15(8-9-23-18)24-17-11-14(22)5-7-20(17)28-3/h4-12H,1-3H3,(H,23,24)(H,25,26). The van der Waals surface area contributed by atoms with E-state index in [2.05, 4.69) is 15.6 Å². The first-order chi connectivity index (χ1) is 13.5. The number of ether oxygens (including phenoxy) is 2. The maximum Gasteiger partial charge on any atom is 0.274 e. The number of halogens is 1. The molecule has 3 aromatic rings. The second-order valence-corrected chi connectivity index (χ2v) is 6.49. The third-order valence-corrected chi connectivity index (χ3v) is 4.27. The minimum absolute atomic E-state index is 0.259. The fraction of sp³-hybridized carbons (Fsp3) is 0.143. The molecule has 0 unspecified atom stereocenters. The summed E-state index contributed by atoms with van der Waals surface area (Å²) in [7, 11) is 3.14. The molecule has 0 atom stereocenters. The molecule has 0 aliphatic rings. The van der Waals surface area contributed by atoms with Gasteiger partial charge in [-0.15, -0.1) is 0 Å². The number of hydrogen-bond acceptors (Lipinski definition) is 5. The summed E-state index contributed by atoms with van der Waals surface area (Å²) in [6.45, 7) is 1.94. The lowest BCUT2D eigenvalue weighted by Gasteiger charge is -2.13. The van der Waals surface area contributed by atoms with Crippen molar-refractivity contribution in [2.45, 2.75) is 6.92 Å². The van der Waals surface area contributed by atoms with Crippen molar-refractivity contribution in [1.29, 1.82) is 0 Å². The molecule has 1 amide bonds. The van der Waals surface area contributed by atoms with Crippen molar-refractivity contribution in [3.63, 3.8) is 0 Å². The maximum absolute atomic E-state index is 12.7. The number of aryl methyl sites for hydroxylation is 1. The largest absolute Gasteiger partial charge is 0.495 e. The van der Waals surface area contributed by atoms with Crippen LogP contribution in [0.3, 0.4) is 0 Å². The Hall–Kier alpha value is -3.25. The molecule has 0 saturated carbocycles. The van der Waals surface area contributed by atoms with E-state index in [0.717, 1.165) is 5.56 Å². The van der Waals surface area contributed by atoms with Crippen LogP contribution in [-0.4, -0.2) is 25.1 Å². The van der Waals surface area contributed by atoms with Crippen LogP contribution in [0.5, 0.6) is 11.5 Å². The summed E-state index contributed by atoms with van der Waals surface area (Å²) in [5.74, 6) is 0.874. The minimum Gasteiger partial charge on any atom is -0.495 e. The van der Waals surface area contributed by atoms with Crippen LogP contribution in [-0.2, 0) is 0 Å². The highest BCUT2D eigenvalue weighted by molar-refractivity contribution is 6.31. The molecular formula is C21H20ClN3O3. The molecule has 7 heteroatoms. The summed E-state index contributed by atoms with van der Waals surface area (Å²) < 4.78 is 10.6. The Bertz CT molecular complexity index is 1010. The van der Waals surface area contributed by atoms with E-state index in [-0.39, 0.29) is 11.6 Å². The van der Waals surface area contributed by atoms with Gasteiger partial charge in [0.25, 0.3) is 5.91 Å². The van der Waals surface area contributed by atoms with Crippen molar-refractivity contribution in [3.8, 4) is 11.5 Å². The average Bonchev–Trinajstić information content (AvgIpc) is 2.68. The summed E-state index contributed by atoms with van der Waals surface area (Å²) in [5.41, 5.74) is 3.22. The first-order valence-electron chi connectivity index (χ1n) is 8.53. The number of methoxy groups -OCH3 is 2. The predicted octanol–water partition coefficient (Wildman–Crippen LogP) is 5.06. The number of carbonyl (C=O) groups is 1. The van der Waals surface area contributed by atoms with Gasteiger partial charge in [-0.25, -0.2) is 0 Å². The molecule has 0 aliphatic carbocycles. The van der Waals surface area contributed by atoms with Gasteiger partial charge in [-0.1, -0.05) is 17.7 Å². The highest BCUT2D eigenvalue weighted by Gasteiger charge is 2.13. The van der Waals surface area contributed by atoms with E-state index >= 15 is 0 Å². The van der Waals surface area contributed by atoms with Crippen LogP contribution in [0, 0.1) is 6.92 Å². The molecule has 1 aromatic heterocycles. The monoisotopic (exact) mass is 397 g/mol. The van der Waals surface area contributed by atoms with Gasteiger partial charge in [0.2, 0.25) is 0 Å². The van der Waals surface area contributed by atoms with Gasteiger partial charge in [0.1, 0.15) is 17.2 Å². The normalized spacial score (nSPS) is 10.3. The topological polar surface area (TPSA) is 72.5 Å². The van der Waals surface area contributed by atoms with Crippen LogP contribution in [0.25, 0.3) is 0 Å².